The van der Waals surface area contributed by atoms with E-state index >= 15 is 0 Å². The van der Waals surface area contributed by atoms with Gasteiger partial charge in [0.25, 0.3) is 0 Å². The first-order valence-electron chi connectivity index (χ1n) is 9.88. The molecule has 1 saturated heterocycles. The van der Waals surface area contributed by atoms with Crippen LogP contribution in [0.3, 0.4) is 0 Å². The lowest BCUT2D eigenvalue weighted by Crippen LogP contribution is -2.45. The molecule has 0 aliphatic carbocycles. The number of hydrogen-bond donors (Lipinski definition) is 1. The molecule has 2 amide bonds. The summed E-state index contributed by atoms with van der Waals surface area (Å²) in [6, 6.07) is 14.4. The van der Waals surface area contributed by atoms with E-state index in [1.165, 1.54) is 12.1 Å². The number of rotatable bonds is 6. The van der Waals surface area contributed by atoms with Gasteiger partial charge in [-0.1, -0.05) is 43.3 Å². The van der Waals surface area contributed by atoms with Gasteiger partial charge in [0, 0.05) is 26.1 Å². The Kier molecular flexibility index (Phi) is 6.12. The predicted octanol–water partition coefficient (Wildman–Crippen LogP) is 3.80. The van der Waals surface area contributed by atoms with Crippen LogP contribution in [-0.2, 0) is 16.0 Å². The summed E-state index contributed by atoms with van der Waals surface area (Å²) in [7, 11) is 0. The van der Waals surface area contributed by atoms with Gasteiger partial charge >= 0.3 is 0 Å². The Morgan fingerprint density at radius 1 is 1.11 bits per heavy atom. The topological polar surface area (TPSA) is 49.4 Å². The number of hydrogen-bond acceptors (Lipinski definition) is 2. The Morgan fingerprint density at radius 3 is 2.54 bits per heavy atom. The molecule has 0 spiro atoms. The summed E-state index contributed by atoms with van der Waals surface area (Å²) in [6.45, 7) is 5.39. The van der Waals surface area contributed by atoms with Crippen molar-refractivity contribution in [3.05, 3.63) is 59.9 Å². The van der Waals surface area contributed by atoms with Crippen molar-refractivity contribution in [2.75, 3.05) is 19.6 Å². The van der Waals surface area contributed by atoms with Crippen molar-refractivity contribution in [2.24, 2.45) is 5.41 Å². The largest absolute Gasteiger partial charge is 0.356 e. The molecule has 1 heterocycles. The number of likely N-dealkylation sites (tertiary alicyclic amines) is 1. The summed E-state index contributed by atoms with van der Waals surface area (Å²) in [5.41, 5.74) is 2.36. The van der Waals surface area contributed by atoms with E-state index in [1.807, 2.05) is 32.0 Å². The smallest absolute Gasteiger partial charge is 0.228 e. The van der Waals surface area contributed by atoms with Crippen LogP contribution in [0.1, 0.15) is 32.3 Å². The van der Waals surface area contributed by atoms with Gasteiger partial charge in [-0.3, -0.25) is 9.59 Å². The number of carbonyl (C=O) groups is 2. The first kappa shape index (κ1) is 20.1. The van der Waals surface area contributed by atoms with Crippen LogP contribution in [0.15, 0.2) is 48.5 Å². The van der Waals surface area contributed by atoms with E-state index in [4.69, 9.17) is 0 Å². The highest BCUT2D eigenvalue weighted by Gasteiger charge is 2.45. The van der Waals surface area contributed by atoms with Crippen LogP contribution in [-0.4, -0.2) is 36.3 Å². The molecule has 0 aromatic heterocycles. The zero-order valence-electron chi connectivity index (χ0n) is 16.5. The van der Waals surface area contributed by atoms with Crippen molar-refractivity contribution in [3.8, 4) is 11.1 Å². The Labute approximate surface area is 165 Å². The molecule has 0 saturated carbocycles. The maximum absolute atomic E-state index is 13.2. The van der Waals surface area contributed by atoms with E-state index in [0.29, 0.717) is 38.9 Å². The van der Waals surface area contributed by atoms with Crippen LogP contribution in [0.25, 0.3) is 11.1 Å². The van der Waals surface area contributed by atoms with Gasteiger partial charge in [-0.15, -0.1) is 0 Å². The highest BCUT2D eigenvalue weighted by Crippen LogP contribution is 2.36. The third kappa shape index (κ3) is 4.24. The number of nitrogens with zero attached hydrogens (tertiary/aromatic N) is 1. The van der Waals surface area contributed by atoms with Gasteiger partial charge < -0.3 is 10.2 Å². The molecule has 1 atom stereocenters. The fourth-order valence-electron chi connectivity index (χ4n) is 3.96. The van der Waals surface area contributed by atoms with E-state index in [2.05, 4.69) is 11.4 Å². The molecule has 1 fully saturated rings. The van der Waals surface area contributed by atoms with Gasteiger partial charge in [0.05, 0.1) is 5.41 Å². The minimum Gasteiger partial charge on any atom is -0.356 e. The van der Waals surface area contributed by atoms with E-state index in [1.54, 1.807) is 17.0 Å². The molecule has 148 valence electrons. The molecule has 1 aliphatic heterocycles. The minimum absolute atomic E-state index is 0.00795. The minimum atomic E-state index is -0.609. The van der Waals surface area contributed by atoms with E-state index in [-0.39, 0.29) is 17.6 Å². The Bertz CT molecular complexity index is 850. The van der Waals surface area contributed by atoms with Crippen molar-refractivity contribution in [3.63, 3.8) is 0 Å². The summed E-state index contributed by atoms with van der Waals surface area (Å²) in [5, 5.41) is 2.96. The predicted molar refractivity (Wildman–Crippen MR) is 108 cm³/mol. The number of benzene rings is 2. The van der Waals surface area contributed by atoms with Gasteiger partial charge in [0.1, 0.15) is 5.82 Å². The van der Waals surface area contributed by atoms with Crippen molar-refractivity contribution in [2.45, 2.75) is 33.1 Å². The lowest BCUT2D eigenvalue weighted by molar-refractivity contribution is -0.133. The summed E-state index contributed by atoms with van der Waals surface area (Å²) < 4.78 is 13.2. The average Bonchev–Trinajstić information content (AvgIpc) is 3.14. The normalized spacial score (nSPS) is 18.9. The lowest BCUT2D eigenvalue weighted by Gasteiger charge is -2.28. The SMILES string of the molecule is CCNC(=O)[C@@]1(Cc2cccc(-c3ccc(F)cc3)c2)CCN(C(=O)CC)C1. The molecule has 3 rings (SSSR count). The van der Waals surface area contributed by atoms with E-state index < -0.39 is 5.41 Å². The summed E-state index contributed by atoms with van der Waals surface area (Å²) >= 11 is 0. The molecule has 1 N–H and O–H groups in total. The molecule has 28 heavy (non-hydrogen) atoms. The zero-order chi connectivity index (χ0) is 20.1. The highest BCUT2D eigenvalue weighted by atomic mass is 19.1. The number of nitrogens with one attached hydrogen (secondary N) is 1. The van der Waals surface area contributed by atoms with E-state index in [0.717, 1.165) is 16.7 Å². The first-order chi connectivity index (χ1) is 13.5. The van der Waals surface area contributed by atoms with Gasteiger partial charge in [-0.2, -0.15) is 0 Å². The van der Waals surface area contributed by atoms with Gasteiger partial charge in [0.2, 0.25) is 11.8 Å². The van der Waals surface area contributed by atoms with Gasteiger partial charge in [-0.25, -0.2) is 4.39 Å². The molecule has 5 heteroatoms. The fourth-order valence-corrected chi connectivity index (χ4v) is 3.96. The van der Waals surface area contributed by atoms with Crippen molar-refractivity contribution >= 4 is 11.8 Å². The molecule has 2 aromatic carbocycles. The van der Waals surface area contributed by atoms with Crippen molar-refractivity contribution in [1.29, 1.82) is 0 Å². The Balaban J connectivity index is 1.87. The van der Waals surface area contributed by atoms with Crippen LogP contribution in [0.2, 0.25) is 0 Å². The molecule has 2 aromatic rings. The van der Waals surface area contributed by atoms with Crippen molar-refractivity contribution in [1.82, 2.24) is 10.2 Å². The molecule has 1 aliphatic rings. The van der Waals surface area contributed by atoms with Crippen LogP contribution < -0.4 is 5.32 Å². The number of carbonyl (C=O) groups excluding carboxylic acids is 2. The zero-order valence-corrected chi connectivity index (χ0v) is 16.5. The Hall–Kier alpha value is -2.69. The second-order valence-electron chi connectivity index (χ2n) is 7.44. The number of halogens is 1. The summed E-state index contributed by atoms with van der Waals surface area (Å²) in [6.07, 6.45) is 1.68. The second kappa shape index (κ2) is 8.55. The van der Waals surface area contributed by atoms with Gasteiger partial charge in [-0.05, 0) is 48.6 Å². The first-order valence-corrected chi connectivity index (χ1v) is 9.88. The molecular weight excluding hydrogens is 355 g/mol. The standard InChI is InChI=1S/C23H27FN2O2/c1-3-21(27)26-13-12-23(16-26,22(28)25-4-2)15-17-6-5-7-19(14-17)18-8-10-20(24)11-9-18/h5-11,14H,3-4,12-13,15-16H2,1-2H3,(H,25,28)/t23-/m1/s1. The van der Waals surface area contributed by atoms with Crippen LogP contribution in [0, 0.1) is 11.2 Å². The molecule has 0 unspecified atom stereocenters. The average molecular weight is 382 g/mol. The molecular formula is C23H27FN2O2. The summed E-state index contributed by atoms with van der Waals surface area (Å²) in [5.74, 6) is -0.165. The summed E-state index contributed by atoms with van der Waals surface area (Å²) in [4.78, 5) is 26.9. The van der Waals surface area contributed by atoms with Crippen LogP contribution in [0.5, 0.6) is 0 Å². The van der Waals surface area contributed by atoms with Crippen LogP contribution >= 0.6 is 0 Å². The van der Waals surface area contributed by atoms with Crippen molar-refractivity contribution < 1.29 is 14.0 Å². The van der Waals surface area contributed by atoms with Gasteiger partial charge in [0.15, 0.2) is 0 Å². The maximum Gasteiger partial charge on any atom is 0.228 e. The molecule has 4 nitrogen and oxygen atoms in total. The third-order valence-corrected chi connectivity index (χ3v) is 5.48. The maximum atomic E-state index is 13.2. The monoisotopic (exact) mass is 382 g/mol. The lowest BCUT2D eigenvalue weighted by atomic mass is 9.79. The molecule has 0 radical (unpaired) electrons. The van der Waals surface area contributed by atoms with Crippen LogP contribution in [0.4, 0.5) is 4.39 Å². The number of amides is 2. The third-order valence-electron chi connectivity index (χ3n) is 5.48. The molecule has 0 bridgehead atoms. The second-order valence-corrected chi connectivity index (χ2v) is 7.44. The highest BCUT2D eigenvalue weighted by molar-refractivity contribution is 5.85. The quantitative estimate of drug-likeness (QED) is 0.826. The fraction of sp³-hybridized carbons (Fsp3) is 0.391. The Morgan fingerprint density at radius 2 is 1.86 bits per heavy atom. The van der Waals surface area contributed by atoms with E-state index in [9.17, 15) is 14.0 Å².